The number of para-hydroxylation sites is 2. The fourth-order valence-electron chi connectivity index (χ4n) is 1.87. The number of hydrogen-bond acceptors (Lipinski definition) is 3. The van der Waals surface area contributed by atoms with Gasteiger partial charge in [-0.1, -0.05) is 28.1 Å². The van der Waals surface area contributed by atoms with E-state index in [9.17, 15) is 4.79 Å². The molecule has 0 atom stereocenters. The first-order valence-electron chi connectivity index (χ1n) is 6.04. The van der Waals surface area contributed by atoms with E-state index in [1.165, 1.54) is 7.11 Å². The molecule has 0 heterocycles. The maximum Gasteiger partial charge on any atom is 0.259 e. The van der Waals surface area contributed by atoms with Gasteiger partial charge in [-0.2, -0.15) is 0 Å². The molecule has 0 saturated heterocycles. The van der Waals surface area contributed by atoms with Gasteiger partial charge >= 0.3 is 0 Å². The van der Waals surface area contributed by atoms with Crippen LogP contribution in [-0.2, 0) is 0 Å². The van der Waals surface area contributed by atoms with Crippen molar-refractivity contribution in [2.45, 2.75) is 0 Å². The highest BCUT2D eigenvalue weighted by Gasteiger charge is 2.17. The number of hydrogen-bond donors (Lipinski definition) is 1. The van der Waals surface area contributed by atoms with Gasteiger partial charge in [-0.15, -0.1) is 0 Å². The molecule has 2 aromatic carbocycles. The zero-order valence-corrected chi connectivity index (χ0v) is 14.6. The summed E-state index contributed by atoms with van der Waals surface area (Å²) in [6.07, 6.45) is 0. The topological polar surface area (TPSA) is 47.6 Å². The zero-order chi connectivity index (χ0) is 15.4. The number of benzene rings is 2. The second-order valence-corrected chi connectivity index (χ2v) is 5.89. The summed E-state index contributed by atoms with van der Waals surface area (Å²) in [5.74, 6) is 0.794. The molecule has 0 unspecified atom stereocenters. The summed E-state index contributed by atoms with van der Waals surface area (Å²) in [5, 5.41) is 2.82. The Morgan fingerprint density at radius 2 is 1.81 bits per heavy atom. The van der Waals surface area contributed by atoms with Gasteiger partial charge in [-0.3, -0.25) is 4.79 Å². The summed E-state index contributed by atoms with van der Waals surface area (Å²) in [6.45, 7) is 0. The van der Waals surface area contributed by atoms with Crippen molar-refractivity contribution in [2.24, 2.45) is 0 Å². The number of rotatable bonds is 4. The number of carbonyl (C=O) groups excluding carboxylic acids is 1. The van der Waals surface area contributed by atoms with E-state index in [-0.39, 0.29) is 5.91 Å². The summed E-state index contributed by atoms with van der Waals surface area (Å²) in [7, 11) is 3.08. The third kappa shape index (κ3) is 3.57. The van der Waals surface area contributed by atoms with Gasteiger partial charge in [-0.05, 0) is 40.2 Å². The van der Waals surface area contributed by atoms with Crippen LogP contribution in [0.2, 0.25) is 0 Å². The molecule has 2 rings (SSSR count). The molecule has 2 aromatic rings. The molecule has 0 aliphatic heterocycles. The lowest BCUT2D eigenvalue weighted by atomic mass is 10.1. The molecule has 0 aliphatic rings. The first kappa shape index (κ1) is 15.9. The molecule has 0 aliphatic carbocycles. The molecule has 0 spiro atoms. The van der Waals surface area contributed by atoms with Crippen LogP contribution >= 0.6 is 31.9 Å². The second-order valence-electron chi connectivity index (χ2n) is 4.12. The lowest BCUT2D eigenvalue weighted by molar-refractivity contribution is 0.102. The average molecular weight is 415 g/mol. The predicted molar refractivity (Wildman–Crippen MR) is 89.3 cm³/mol. The first-order valence-corrected chi connectivity index (χ1v) is 7.62. The number of halogens is 2. The Bertz CT molecular complexity index is 674. The van der Waals surface area contributed by atoms with Gasteiger partial charge in [0.15, 0.2) is 0 Å². The van der Waals surface area contributed by atoms with Gasteiger partial charge in [0.1, 0.15) is 11.5 Å². The summed E-state index contributed by atoms with van der Waals surface area (Å²) in [5.41, 5.74) is 1.02. The molecule has 0 aromatic heterocycles. The van der Waals surface area contributed by atoms with Crippen molar-refractivity contribution in [3.05, 3.63) is 50.9 Å². The maximum absolute atomic E-state index is 12.5. The minimum atomic E-state index is -0.279. The quantitative estimate of drug-likeness (QED) is 0.802. The fraction of sp³-hybridized carbons (Fsp3) is 0.133. The van der Waals surface area contributed by atoms with E-state index >= 15 is 0 Å². The summed E-state index contributed by atoms with van der Waals surface area (Å²) in [6, 6.07) is 10.7. The van der Waals surface area contributed by atoms with Crippen LogP contribution in [0.15, 0.2) is 45.3 Å². The second kappa shape index (κ2) is 6.95. The Kier molecular flexibility index (Phi) is 5.25. The van der Waals surface area contributed by atoms with Crippen LogP contribution in [0.25, 0.3) is 0 Å². The molecule has 21 heavy (non-hydrogen) atoms. The van der Waals surface area contributed by atoms with E-state index < -0.39 is 0 Å². The molecular formula is C15H13Br2NO3. The minimum Gasteiger partial charge on any atom is -0.495 e. The van der Waals surface area contributed by atoms with Gasteiger partial charge in [0.2, 0.25) is 0 Å². The molecule has 1 amide bonds. The minimum absolute atomic E-state index is 0.279. The van der Waals surface area contributed by atoms with E-state index in [2.05, 4.69) is 37.2 Å². The van der Waals surface area contributed by atoms with E-state index in [0.29, 0.717) is 27.2 Å². The van der Waals surface area contributed by atoms with Crippen LogP contribution in [0, 0.1) is 0 Å². The highest BCUT2D eigenvalue weighted by atomic mass is 79.9. The monoisotopic (exact) mass is 413 g/mol. The lowest BCUT2D eigenvalue weighted by Gasteiger charge is -2.13. The molecule has 0 bridgehead atoms. The van der Waals surface area contributed by atoms with Crippen molar-refractivity contribution in [3.8, 4) is 11.5 Å². The molecule has 6 heteroatoms. The van der Waals surface area contributed by atoms with E-state index in [4.69, 9.17) is 9.47 Å². The van der Waals surface area contributed by atoms with Crippen molar-refractivity contribution in [1.82, 2.24) is 0 Å². The summed E-state index contributed by atoms with van der Waals surface area (Å²) >= 11 is 6.75. The predicted octanol–water partition coefficient (Wildman–Crippen LogP) is 4.48. The smallest absolute Gasteiger partial charge is 0.259 e. The molecule has 4 nitrogen and oxygen atoms in total. The Balaban J connectivity index is 2.37. The molecule has 0 saturated carbocycles. The standard InChI is InChI=1S/C15H13Br2NO3/c1-20-13-6-4-3-5-12(13)18-15(19)10-7-9(16)8-11(17)14(10)21-2/h3-8H,1-2H3,(H,18,19). The lowest BCUT2D eigenvalue weighted by Crippen LogP contribution is -2.14. The van der Waals surface area contributed by atoms with Crippen LogP contribution in [0.5, 0.6) is 11.5 Å². The van der Waals surface area contributed by atoms with Crippen LogP contribution in [0.3, 0.4) is 0 Å². The first-order chi connectivity index (χ1) is 10.1. The van der Waals surface area contributed by atoms with Gasteiger partial charge in [0.05, 0.1) is 29.9 Å². The van der Waals surface area contributed by atoms with E-state index in [0.717, 1.165) is 4.47 Å². The molecule has 0 fully saturated rings. The highest BCUT2D eigenvalue weighted by molar-refractivity contribution is 9.11. The summed E-state index contributed by atoms with van der Waals surface area (Å²) in [4.78, 5) is 12.5. The Morgan fingerprint density at radius 3 is 2.48 bits per heavy atom. The number of methoxy groups -OCH3 is 2. The third-order valence-electron chi connectivity index (χ3n) is 2.81. The van der Waals surface area contributed by atoms with E-state index in [1.54, 1.807) is 25.3 Å². The number of anilines is 1. The Hall–Kier alpha value is -1.53. The van der Waals surface area contributed by atoms with Gasteiger partial charge in [0.25, 0.3) is 5.91 Å². The van der Waals surface area contributed by atoms with Crippen molar-refractivity contribution in [2.75, 3.05) is 19.5 Å². The molecule has 110 valence electrons. The van der Waals surface area contributed by atoms with Crippen molar-refractivity contribution >= 4 is 43.5 Å². The molecule has 0 radical (unpaired) electrons. The highest BCUT2D eigenvalue weighted by Crippen LogP contribution is 2.33. The van der Waals surface area contributed by atoms with Gasteiger partial charge in [-0.25, -0.2) is 0 Å². The fourth-order valence-corrected chi connectivity index (χ4v) is 3.26. The largest absolute Gasteiger partial charge is 0.495 e. The van der Waals surface area contributed by atoms with Crippen LogP contribution < -0.4 is 14.8 Å². The Labute approximate surface area is 139 Å². The van der Waals surface area contributed by atoms with Crippen molar-refractivity contribution < 1.29 is 14.3 Å². The molecule has 1 N–H and O–H groups in total. The third-order valence-corrected chi connectivity index (χ3v) is 3.86. The number of carbonyl (C=O) groups is 1. The average Bonchev–Trinajstić information content (AvgIpc) is 2.47. The molecular weight excluding hydrogens is 402 g/mol. The van der Waals surface area contributed by atoms with E-state index in [1.807, 2.05) is 18.2 Å². The number of nitrogens with one attached hydrogen (secondary N) is 1. The van der Waals surface area contributed by atoms with Crippen molar-refractivity contribution in [3.63, 3.8) is 0 Å². The van der Waals surface area contributed by atoms with Crippen LogP contribution in [0.1, 0.15) is 10.4 Å². The number of ether oxygens (including phenoxy) is 2. The zero-order valence-electron chi connectivity index (χ0n) is 11.4. The van der Waals surface area contributed by atoms with Gasteiger partial charge in [0, 0.05) is 4.47 Å². The van der Waals surface area contributed by atoms with Crippen molar-refractivity contribution in [1.29, 1.82) is 0 Å². The Morgan fingerprint density at radius 1 is 1.10 bits per heavy atom. The normalized spacial score (nSPS) is 10.1. The van der Waals surface area contributed by atoms with Gasteiger partial charge < -0.3 is 14.8 Å². The van der Waals surface area contributed by atoms with Crippen LogP contribution in [0.4, 0.5) is 5.69 Å². The van der Waals surface area contributed by atoms with Crippen LogP contribution in [-0.4, -0.2) is 20.1 Å². The SMILES string of the molecule is COc1ccccc1NC(=O)c1cc(Br)cc(Br)c1OC. The number of amides is 1. The maximum atomic E-state index is 12.5. The summed E-state index contributed by atoms with van der Waals surface area (Å²) < 4.78 is 12.0.